The molecular formula is C12H21N3. The molecule has 4 N–H and O–H groups in total. The SMILES string of the molecule is C=C(N)/C(N)=C(\C=C/C)N1CCCCC1. The zero-order valence-electron chi connectivity index (χ0n) is 9.50. The highest BCUT2D eigenvalue weighted by Crippen LogP contribution is 2.18. The zero-order chi connectivity index (χ0) is 11.3. The molecule has 1 aliphatic rings. The molecule has 3 nitrogen and oxygen atoms in total. The molecule has 1 heterocycles. The average Bonchev–Trinajstić information content (AvgIpc) is 2.26. The van der Waals surface area contributed by atoms with Gasteiger partial charge >= 0.3 is 0 Å². The highest BCUT2D eigenvalue weighted by molar-refractivity contribution is 5.34. The van der Waals surface area contributed by atoms with Crippen LogP contribution >= 0.6 is 0 Å². The van der Waals surface area contributed by atoms with Crippen LogP contribution in [0.5, 0.6) is 0 Å². The smallest absolute Gasteiger partial charge is 0.0779 e. The Balaban J connectivity index is 2.90. The van der Waals surface area contributed by atoms with Crippen molar-refractivity contribution in [3.8, 4) is 0 Å². The Morgan fingerprint density at radius 2 is 1.80 bits per heavy atom. The maximum atomic E-state index is 5.94. The van der Waals surface area contributed by atoms with Crippen molar-refractivity contribution in [2.24, 2.45) is 11.5 Å². The molecule has 15 heavy (non-hydrogen) atoms. The summed E-state index contributed by atoms with van der Waals surface area (Å²) in [6, 6.07) is 0. The summed E-state index contributed by atoms with van der Waals surface area (Å²) in [5.74, 6) is 0. The fourth-order valence-corrected chi connectivity index (χ4v) is 1.82. The van der Waals surface area contributed by atoms with Crippen molar-refractivity contribution in [2.45, 2.75) is 26.2 Å². The maximum Gasteiger partial charge on any atom is 0.0779 e. The highest BCUT2D eigenvalue weighted by Gasteiger charge is 2.14. The molecule has 0 saturated carbocycles. The Hall–Kier alpha value is -1.38. The second kappa shape index (κ2) is 5.49. The number of nitrogens with zero attached hydrogens (tertiary/aromatic N) is 1. The van der Waals surface area contributed by atoms with Crippen LogP contribution in [0, 0.1) is 0 Å². The van der Waals surface area contributed by atoms with Crippen molar-refractivity contribution in [3.63, 3.8) is 0 Å². The Kier molecular flexibility index (Phi) is 4.28. The molecule has 3 heteroatoms. The van der Waals surface area contributed by atoms with Crippen LogP contribution in [0.3, 0.4) is 0 Å². The van der Waals surface area contributed by atoms with E-state index in [0.29, 0.717) is 11.4 Å². The minimum absolute atomic E-state index is 0.452. The van der Waals surface area contributed by atoms with Gasteiger partial charge < -0.3 is 16.4 Å². The second-order valence-corrected chi connectivity index (χ2v) is 3.87. The largest absolute Gasteiger partial charge is 0.397 e. The molecule has 0 aromatic rings. The van der Waals surface area contributed by atoms with Crippen molar-refractivity contribution in [1.29, 1.82) is 0 Å². The molecule has 0 aromatic carbocycles. The molecule has 1 saturated heterocycles. The van der Waals surface area contributed by atoms with Gasteiger partial charge in [-0.3, -0.25) is 0 Å². The van der Waals surface area contributed by atoms with Gasteiger partial charge in [-0.15, -0.1) is 0 Å². The summed E-state index contributed by atoms with van der Waals surface area (Å²) < 4.78 is 0. The molecule has 1 aliphatic heterocycles. The standard InChI is InChI=1S/C12H21N3/c1-3-7-11(12(14)10(2)13)15-8-5-4-6-9-15/h3,7H,2,4-6,8-9,13-14H2,1H3/b7-3-,12-11-. The fraction of sp³-hybridized carbons (Fsp3) is 0.500. The molecule has 1 rings (SSSR count). The monoisotopic (exact) mass is 207 g/mol. The van der Waals surface area contributed by atoms with Crippen molar-refractivity contribution in [2.75, 3.05) is 13.1 Å². The van der Waals surface area contributed by atoms with E-state index in [1.54, 1.807) is 0 Å². The minimum Gasteiger partial charge on any atom is -0.397 e. The number of hydrogen-bond donors (Lipinski definition) is 2. The number of allylic oxidation sites excluding steroid dienone is 2. The van der Waals surface area contributed by atoms with E-state index in [2.05, 4.69) is 11.5 Å². The number of likely N-dealkylation sites (tertiary alicyclic amines) is 1. The van der Waals surface area contributed by atoms with Gasteiger partial charge in [0.15, 0.2) is 0 Å². The summed E-state index contributed by atoms with van der Waals surface area (Å²) in [4.78, 5) is 2.29. The van der Waals surface area contributed by atoms with E-state index >= 15 is 0 Å². The Labute approximate surface area is 92.1 Å². The number of nitrogens with two attached hydrogens (primary N) is 2. The molecule has 0 unspecified atom stereocenters. The summed E-state index contributed by atoms with van der Waals surface area (Å²) in [5.41, 5.74) is 13.7. The normalized spacial score (nSPS) is 19.1. The first-order valence-corrected chi connectivity index (χ1v) is 5.49. The molecule has 0 atom stereocenters. The van der Waals surface area contributed by atoms with Gasteiger partial charge in [0.25, 0.3) is 0 Å². The first kappa shape index (κ1) is 11.7. The lowest BCUT2D eigenvalue weighted by Crippen LogP contribution is -2.31. The molecule has 1 fully saturated rings. The van der Waals surface area contributed by atoms with Crippen LogP contribution in [0.15, 0.2) is 35.8 Å². The number of rotatable bonds is 3. The molecule has 0 amide bonds. The van der Waals surface area contributed by atoms with Gasteiger partial charge in [0.2, 0.25) is 0 Å². The van der Waals surface area contributed by atoms with Gasteiger partial charge in [-0.2, -0.15) is 0 Å². The molecular weight excluding hydrogens is 186 g/mol. The first-order valence-electron chi connectivity index (χ1n) is 5.49. The van der Waals surface area contributed by atoms with E-state index in [1.165, 1.54) is 19.3 Å². The van der Waals surface area contributed by atoms with Crippen LogP contribution in [0.1, 0.15) is 26.2 Å². The molecule has 0 spiro atoms. The summed E-state index contributed by atoms with van der Waals surface area (Å²) in [6.45, 7) is 7.80. The zero-order valence-corrected chi connectivity index (χ0v) is 9.50. The average molecular weight is 207 g/mol. The van der Waals surface area contributed by atoms with E-state index in [4.69, 9.17) is 11.5 Å². The van der Waals surface area contributed by atoms with Crippen molar-refractivity contribution >= 4 is 0 Å². The van der Waals surface area contributed by atoms with E-state index in [-0.39, 0.29) is 0 Å². The quantitative estimate of drug-likeness (QED) is 0.692. The Morgan fingerprint density at radius 1 is 1.20 bits per heavy atom. The predicted octanol–water partition coefficient (Wildman–Crippen LogP) is 1.69. The minimum atomic E-state index is 0.452. The fourth-order valence-electron chi connectivity index (χ4n) is 1.82. The van der Waals surface area contributed by atoms with Crippen LogP contribution in [-0.4, -0.2) is 18.0 Å². The van der Waals surface area contributed by atoms with Crippen molar-refractivity contribution < 1.29 is 0 Å². The van der Waals surface area contributed by atoms with Crippen LogP contribution in [0.2, 0.25) is 0 Å². The molecule has 0 bridgehead atoms. The third-order valence-corrected chi connectivity index (χ3v) is 2.64. The van der Waals surface area contributed by atoms with Gasteiger partial charge in [-0.05, 0) is 32.3 Å². The third kappa shape index (κ3) is 3.05. The Morgan fingerprint density at radius 3 is 2.27 bits per heavy atom. The number of hydrogen-bond acceptors (Lipinski definition) is 3. The lowest BCUT2D eigenvalue weighted by molar-refractivity contribution is 0.291. The van der Waals surface area contributed by atoms with Crippen molar-refractivity contribution in [1.82, 2.24) is 4.90 Å². The van der Waals surface area contributed by atoms with Crippen LogP contribution in [0.4, 0.5) is 0 Å². The predicted molar refractivity (Wildman–Crippen MR) is 64.8 cm³/mol. The van der Waals surface area contributed by atoms with Gasteiger partial charge in [0, 0.05) is 18.8 Å². The van der Waals surface area contributed by atoms with Gasteiger partial charge in [0.1, 0.15) is 0 Å². The van der Waals surface area contributed by atoms with E-state index < -0.39 is 0 Å². The molecule has 84 valence electrons. The molecule has 0 aromatic heterocycles. The van der Waals surface area contributed by atoms with Crippen molar-refractivity contribution in [3.05, 3.63) is 35.8 Å². The molecule has 0 radical (unpaired) electrons. The third-order valence-electron chi connectivity index (χ3n) is 2.64. The van der Waals surface area contributed by atoms with Crippen LogP contribution in [-0.2, 0) is 0 Å². The summed E-state index contributed by atoms with van der Waals surface area (Å²) in [7, 11) is 0. The lowest BCUT2D eigenvalue weighted by atomic mass is 10.1. The van der Waals surface area contributed by atoms with Gasteiger partial charge in [-0.25, -0.2) is 0 Å². The number of piperidine rings is 1. The van der Waals surface area contributed by atoms with Gasteiger partial charge in [0.05, 0.1) is 11.4 Å². The summed E-state index contributed by atoms with van der Waals surface area (Å²) >= 11 is 0. The van der Waals surface area contributed by atoms with Crippen LogP contribution < -0.4 is 11.5 Å². The second-order valence-electron chi connectivity index (χ2n) is 3.87. The Bertz CT molecular complexity index is 283. The summed E-state index contributed by atoms with van der Waals surface area (Å²) in [6.07, 6.45) is 7.76. The maximum absolute atomic E-state index is 5.94. The molecule has 0 aliphatic carbocycles. The summed E-state index contributed by atoms with van der Waals surface area (Å²) in [5, 5.41) is 0. The van der Waals surface area contributed by atoms with Gasteiger partial charge in [-0.1, -0.05) is 12.7 Å². The van der Waals surface area contributed by atoms with E-state index in [9.17, 15) is 0 Å². The lowest BCUT2D eigenvalue weighted by Gasteiger charge is -2.30. The first-order chi connectivity index (χ1) is 7.16. The topological polar surface area (TPSA) is 55.3 Å². The highest BCUT2D eigenvalue weighted by atomic mass is 15.1. The van der Waals surface area contributed by atoms with E-state index in [1.807, 2.05) is 19.1 Å². The van der Waals surface area contributed by atoms with E-state index in [0.717, 1.165) is 18.8 Å². The van der Waals surface area contributed by atoms with Crippen LogP contribution in [0.25, 0.3) is 0 Å².